The Kier molecular flexibility index (Phi) is 8.11. The molecule has 0 aromatic heterocycles. The van der Waals surface area contributed by atoms with Gasteiger partial charge in [0.25, 0.3) is 0 Å². The number of ether oxygens (including phenoxy) is 2. The second-order valence-corrected chi connectivity index (χ2v) is 6.23. The van der Waals surface area contributed by atoms with E-state index in [1.54, 1.807) is 48.5 Å². The van der Waals surface area contributed by atoms with Crippen LogP contribution in [0.25, 0.3) is 0 Å². The van der Waals surface area contributed by atoms with Crippen LogP contribution in [0.3, 0.4) is 0 Å². The van der Waals surface area contributed by atoms with E-state index in [1.807, 2.05) is 0 Å². The first-order valence-corrected chi connectivity index (χ1v) is 8.95. The summed E-state index contributed by atoms with van der Waals surface area (Å²) in [5.41, 5.74) is 12.2. The number of hydrogen-bond donors (Lipinski definition) is 5. The second-order valence-electron chi connectivity index (χ2n) is 6.23. The van der Waals surface area contributed by atoms with Gasteiger partial charge in [-0.3, -0.25) is 5.41 Å². The lowest BCUT2D eigenvalue weighted by Crippen LogP contribution is -2.14. The topological polar surface area (TPSA) is 147 Å². The Bertz CT molecular complexity index is 776. The number of nitrogen functional groups attached to an aromatic ring is 1. The number of aliphatic hydroxyl groups excluding tert-OH is 1. The van der Waals surface area contributed by atoms with E-state index in [0.717, 1.165) is 0 Å². The molecule has 0 heterocycles. The van der Waals surface area contributed by atoms with E-state index in [0.29, 0.717) is 55.1 Å². The normalized spacial score (nSPS) is 12.4. The third-order valence-corrected chi connectivity index (χ3v) is 4.09. The molecule has 0 amide bonds. The van der Waals surface area contributed by atoms with Crippen molar-refractivity contribution in [1.82, 2.24) is 0 Å². The van der Waals surface area contributed by atoms with Crippen LogP contribution in [-0.4, -0.2) is 41.3 Å². The molecule has 2 aromatic carbocycles. The lowest BCUT2D eigenvalue weighted by Gasteiger charge is -2.12. The van der Waals surface area contributed by atoms with E-state index < -0.39 is 6.10 Å². The van der Waals surface area contributed by atoms with Crippen LogP contribution in [0.5, 0.6) is 11.5 Å². The summed E-state index contributed by atoms with van der Waals surface area (Å²) in [5, 5.41) is 28.9. The summed E-state index contributed by atoms with van der Waals surface area (Å²) in [5.74, 6) is 1.42. The van der Waals surface area contributed by atoms with Crippen molar-refractivity contribution in [2.45, 2.75) is 25.4 Å². The highest BCUT2D eigenvalue weighted by molar-refractivity contribution is 5.97. The molecular weight excluding hydrogens is 360 g/mol. The molecular formula is C20H26N4O4. The summed E-state index contributed by atoms with van der Waals surface area (Å²) >= 11 is 0. The predicted octanol–water partition coefficient (Wildman–Crippen LogP) is 2.05. The third kappa shape index (κ3) is 6.81. The molecule has 0 saturated carbocycles. The van der Waals surface area contributed by atoms with E-state index in [2.05, 4.69) is 5.16 Å². The number of benzene rings is 2. The minimum absolute atomic E-state index is 0.0240. The van der Waals surface area contributed by atoms with Crippen LogP contribution in [0.15, 0.2) is 53.7 Å². The van der Waals surface area contributed by atoms with E-state index in [1.165, 1.54) is 0 Å². The molecule has 0 aliphatic rings. The summed E-state index contributed by atoms with van der Waals surface area (Å²) < 4.78 is 11.2. The molecule has 0 saturated heterocycles. The van der Waals surface area contributed by atoms with Crippen LogP contribution in [-0.2, 0) is 0 Å². The Morgan fingerprint density at radius 3 is 1.96 bits per heavy atom. The van der Waals surface area contributed by atoms with Crippen LogP contribution in [0.1, 0.15) is 30.4 Å². The number of rotatable bonds is 11. The molecule has 1 unspecified atom stereocenters. The zero-order valence-corrected chi connectivity index (χ0v) is 15.5. The van der Waals surface area contributed by atoms with Gasteiger partial charge in [-0.25, -0.2) is 0 Å². The van der Waals surface area contributed by atoms with Gasteiger partial charge in [0.15, 0.2) is 5.84 Å². The summed E-state index contributed by atoms with van der Waals surface area (Å²) in [7, 11) is 0. The Balaban J connectivity index is 1.61. The first-order chi connectivity index (χ1) is 13.5. The maximum atomic E-state index is 10.0. The fourth-order valence-corrected chi connectivity index (χ4v) is 2.48. The van der Waals surface area contributed by atoms with Gasteiger partial charge in [-0.2, -0.15) is 0 Å². The molecule has 8 heteroatoms. The first kappa shape index (κ1) is 21.0. The van der Waals surface area contributed by atoms with Gasteiger partial charge in [0.05, 0.1) is 19.3 Å². The highest BCUT2D eigenvalue weighted by Crippen LogP contribution is 2.14. The van der Waals surface area contributed by atoms with Crippen molar-refractivity contribution in [3.63, 3.8) is 0 Å². The maximum absolute atomic E-state index is 10.0. The van der Waals surface area contributed by atoms with Crippen LogP contribution in [0, 0.1) is 5.41 Å². The van der Waals surface area contributed by atoms with Gasteiger partial charge >= 0.3 is 0 Å². The van der Waals surface area contributed by atoms with Gasteiger partial charge in [-0.1, -0.05) is 5.16 Å². The smallest absolute Gasteiger partial charge is 0.170 e. The number of amidine groups is 2. The first-order valence-electron chi connectivity index (χ1n) is 8.95. The van der Waals surface area contributed by atoms with Crippen molar-refractivity contribution in [3.05, 3.63) is 59.7 Å². The monoisotopic (exact) mass is 386 g/mol. The van der Waals surface area contributed by atoms with Crippen LogP contribution in [0.2, 0.25) is 0 Å². The molecule has 150 valence electrons. The molecule has 8 nitrogen and oxygen atoms in total. The van der Waals surface area contributed by atoms with E-state index in [9.17, 15) is 5.11 Å². The van der Waals surface area contributed by atoms with Gasteiger partial charge in [-0.15, -0.1) is 0 Å². The highest BCUT2D eigenvalue weighted by Gasteiger charge is 2.06. The number of nitrogens with one attached hydrogen (secondary N) is 1. The van der Waals surface area contributed by atoms with Crippen molar-refractivity contribution in [2.24, 2.45) is 16.6 Å². The standard InChI is InChI=1S/C20H26N4O4/c21-19(22)14-3-7-17(8-4-14)27-12-1-2-16(25)11-13-28-18-9-5-15(6-10-18)20(23)24-26/h3-10,16,25-26H,1-2,11-13H2,(H3,21,22)(H2,23,24). The zero-order valence-electron chi connectivity index (χ0n) is 15.5. The zero-order chi connectivity index (χ0) is 20.4. The maximum Gasteiger partial charge on any atom is 0.170 e. The molecule has 0 aliphatic heterocycles. The van der Waals surface area contributed by atoms with Crippen molar-refractivity contribution < 1.29 is 19.8 Å². The van der Waals surface area contributed by atoms with Gasteiger partial charge in [0.1, 0.15) is 17.3 Å². The summed E-state index contributed by atoms with van der Waals surface area (Å²) in [6.07, 6.45) is 1.36. The molecule has 0 radical (unpaired) electrons. The number of aliphatic hydroxyl groups is 1. The summed E-state index contributed by atoms with van der Waals surface area (Å²) in [6.45, 7) is 0.879. The predicted molar refractivity (Wildman–Crippen MR) is 107 cm³/mol. The Morgan fingerprint density at radius 2 is 1.43 bits per heavy atom. The fourth-order valence-electron chi connectivity index (χ4n) is 2.48. The molecule has 0 spiro atoms. The minimum atomic E-state index is -0.472. The molecule has 2 rings (SSSR count). The molecule has 0 aliphatic carbocycles. The van der Waals surface area contributed by atoms with Gasteiger partial charge in [-0.05, 0) is 61.4 Å². The molecule has 2 aromatic rings. The molecule has 0 bridgehead atoms. The Morgan fingerprint density at radius 1 is 0.893 bits per heavy atom. The van der Waals surface area contributed by atoms with Gasteiger partial charge < -0.3 is 31.3 Å². The number of nitrogens with two attached hydrogens (primary N) is 2. The van der Waals surface area contributed by atoms with Crippen LogP contribution in [0.4, 0.5) is 0 Å². The molecule has 0 fully saturated rings. The lowest BCUT2D eigenvalue weighted by atomic mass is 10.1. The van der Waals surface area contributed by atoms with E-state index in [-0.39, 0.29) is 11.7 Å². The number of nitrogens with zero attached hydrogens (tertiary/aromatic N) is 1. The second kappa shape index (κ2) is 10.8. The minimum Gasteiger partial charge on any atom is -0.494 e. The number of hydrogen-bond acceptors (Lipinski definition) is 6. The summed E-state index contributed by atoms with van der Waals surface area (Å²) in [4.78, 5) is 0. The number of oxime groups is 1. The lowest BCUT2D eigenvalue weighted by molar-refractivity contribution is 0.122. The fraction of sp³-hybridized carbons (Fsp3) is 0.300. The van der Waals surface area contributed by atoms with Crippen molar-refractivity contribution in [3.8, 4) is 11.5 Å². The third-order valence-electron chi connectivity index (χ3n) is 4.09. The van der Waals surface area contributed by atoms with Crippen molar-refractivity contribution >= 4 is 11.7 Å². The quantitative estimate of drug-likeness (QED) is 0.131. The van der Waals surface area contributed by atoms with Crippen LogP contribution < -0.4 is 20.9 Å². The van der Waals surface area contributed by atoms with Crippen LogP contribution >= 0.6 is 0 Å². The van der Waals surface area contributed by atoms with E-state index in [4.69, 9.17) is 31.6 Å². The van der Waals surface area contributed by atoms with Gasteiger partial charge in [0.2, 0.25) is 0 Å². The van der Waals surface area contributed by atoms with Crippen molar-refractivity contribution in [1.29, 1.82) is 5.41 Å². The van der Waals surface area contributed by atoms with E-state index >= 15 is 0 Å². The summed E-state index contributed by atoms with van der Waals surface area (Å²) in [6, 6.07) is 13.9. The Hall–Kier alpha value is -3.26. The Labute approximate surface area is 163 Å². The largest absolute Gasteiger partial charge is 0.494 e. The SMILES string of the molecule is N=C(N)c1ccc(OCCCC(O)CCOc2ccc(/C(N)=N\O)cc2)cc1. The average molecular weight is 386 g/mol. The molecule has 28 heavy (non-hydrogen) atoms. The van der Waals surface area contributed by atoms with Gasteiger partial charge in [0, 0.05) is 17.5 Å². The van der Waals surface area contributed by atoms with Crippen molar-refractivity contribution in [2.75, 3.05) is 13.2 Å². The highest BCUT2D eigenvalue weighted by atomic mass is 16.5. The average Bonchev–Trinajstić information content (AvgIpc) is 2.71. The molecule has 7 N–H and O–H groups in total. The molecule has 1 atom stereocenters.